The van der Waals surface area contributed by atoms with Gasteiger partial charge in [-0.2, -0.15) is 0 Å². The molecule has 74 valence electrons. The second-order valence-corrected chi connectivity index (χ2v) is 3.29. The smallest absolute Gasteiger partial charge is 0.253 e. The Balaban J connectivity index is 3.08. The fourth-order valence-electron chi connectivity index (χ4n) is 1.15. The maximum atomic E-state index is 11.5. The summed E-state index contributed by atoms with van der Waals surface area (Å²) in [7, 11) is 3.37. The maximum absolute atomic E-state index is 11.5. The van der Waals surface area contributed by atoms with Crippen molar-refractivity contribution in [2.45, 2.75) is 6.92 Å². The van der Waals surface area contributed by atoms with Gasteiger partial charge in [-0.05, 0) is 35.9 Å². The van der Waals surface area contributed by atoms with E-state index < -0.39 is 0 Å². The number of amides is 1. The van der Waals surface area contributed by atoms with Crippen LogP contribution >= 0.6 is 0 Å². The van der Waals surface area contributed by atoms with Gasteiger partial charge in [0.2, 0.25) is 0 Å². The fourth-order valence-corrected chi connectivity index (χ4v) is 1.15. The van der Waals surface area contributed by atoms with E-state index in [1.54, 1.807) is 39.2 Å². The molecule has 0 heterocycles. The summed E-state index contributed by atoms with van der Waals surface area (Å²) in [5.41, 5.74) is 1.66. The van der Waals surface area contributed by atoms with Crippen molar-refractivity contribution in [2.75, 3.05) is 14.1 Å². The van der Waals surface area contributed by atoms with Crippen molar-refractivity contribution in [3.05, 3.63) is 34.2 Å². The summed E-state index contributed by atoms with van der Waals surface area (Å²) in [6, 6.07) is 4.82. The van der Waals surface area contributed by atoms with E-state index in [-0.39, 0.29) is 5.91 Å². The lowest BCUT2D eigenvalue weighted by molar-refractivity contribution is 0.0827. The molecule has 0 aliphatic heterocycles. The van der Waals surface area contributed by atoms with Gasteiger partial charge < -0.3 is 4.90 Å². The summed E-state index contributed by atoms with van der Waals surface area (Å²) < 4.78 is 0. The molecular weight excluding hydrogens is 180 g/mol. The molecule has 4 heteroatoms. The average molecular weight is 192 g/mol. The molecule has 0 aromatic heterocycles. The van der Waals surface area contributed by atoms with Gasteiger partial charge in [0.05, 0.1) is 0 Å². The highest BCUT2D eigenvalue weighted by molar-refractivity contribution is 5.94. The van der Waals surface area contributed by atoms with Gasteiger partial charge in [-0.1, -0.05) is 0 Å². The van der Waals surface area contributed by atoms with Gasteiger partial charge in [-0.25, -0.2) is 0 Å². The predicted molar refractivity (Wildman–Crippen MR) is 54.7 cm³/mol. The average Bonchev–Trinajstić information content (AvgIpc) is 2.16. The molecule has 0 saturated carbocycles. The summed E-state index contributed by atoms with van der Waals surface area (Å²) in [5, 5.41) is 2.84. The van der Waals surface area contributed by atoms with Crippen molar-refractivity contribution >= 4 is 11.6 Å². The van der Waals surface area contributed by atoms with Crippen LogP contribution in [0.3, 0.4) is 0 Å². The molecule has 1 aromatic rings. The van der Waals surface area contributed by atoms with Crippen LogP contribution in [0.1, 0.15) is 15.9 Å². The molecule has 0 unspecified atom stereocenters. The Bertz CT molecular complexity index is 372. The molecule has 0 bridgehead atoms. The van der Waals surface area contributed by atoms with Crippen molar-refractivity contribution in [2.24, 2.45) is 5.18 Å². The van der Waals surface area contributed by atoms with Crippen molar-refractivity contribution in [3.63, 3.8) is 0 Å². The third kappa shape index (κ3) is 1.96. The third-order valence-corrected chi connectivity index (χ3v) is 1.95. The minimum atomic E-state index is -0.0782. The first-order valence-corrected chi connectivity index (χ1v) is 4.22. The van der Waals surface area contributed by atoms with Crippen LogP contribution in [0.2, 0.25) is 0 Å². The largest absolute Gasteiger partial charge is 0.345 e. The Hall–Kier alpha value is -1.71. The minimum Gasteiger partial charge on any atom is -0.345 e. The second-order valence-electron chi connectivity index (χ2n) is 3.29. The molecule has 0 saturated heterocycles. The lowest BCUT2D eigenvalue weighted by atomic mass is 10.1. The number of carbonyl (C=O) groups is 1. The number of hydrogen-bond acceptors (Lipinski definition) is 3. The zero-order valence-corrected chi connectivity index (χ0v) is 8.44. The molecule has 1 aromatic carbocycles. The van der Waals surface area contributed by atoms with Crippen molar-refractivity contribution < 1.29 is 4.79 Å². The molecule has 4 nitrogen and oxygen atoms in total. The number of rotatable bonds is 2. The van der Waals surface area contributed by atoms with Gasteiger partial charge >= 0.3 is 0 Å². The first kappa shape index (κ1) is 10.4. The van der Waals surface area contributed by atoms with Gasteiger partial charge in [0.15, 0.2) is 0 Å². The van der Waals surface area contributed by atoms with Crippen LogP contribution in [0, 0.1) is 11.8 Å². The summed E-state index contributed by atoms with van der Waals surface area (Å²) in [5.74, 6) is -0.0782. The molecule has 0 N–H and O–H groups in total. The number of hydrogen-bond donors (Lipinski definition) is 0. The predicted octanol–water partition coefficient (Wildman–Crippen LogP) is 2.09. The summed E-state index contributed by atoms with van der Waals surface area (Å²) in [6.07, 6.45) is 0. The maximum Gasteiger partial charge on any atom is 0.253 e. The zero-order chi connectivity index (χ0) is 10.7. The minimum absolute atomic E-state index is 0.0782. The first-order chi connectivity index (χ1) is 6.56. The van der Waals surface area contributed by atoms with Gasteiger partial charge in [-0.15, -0.1) is 4.91 Å². The van der Waals surface area contributed by atoms with E-state index in [9.17, 15) is 9.70 Å². The first-order valence-electron chi connectivity index (χ1n) is 4.22. The van der Waals surface area contributed by atoms with Crippen LogP contribution < -0.4 is 0 Å². The van der Waals surface area contributed by atoms with E-state index in [1.807, 2.05) is 0 Å². The quantitative estimate of drug-likeness (QED) is 0.673. The monoisotopic (exact) mass is 192 g/mol. The Labute approximate surface area is 82.5 Å². The van der Waals surface area contributed by atoms with E-state index in [0.29, 0.717) is 16.8 Å². The number of aryl methyl sites for hydroxylation is 1. The van der Waals surface area contributed by atoms with Crippen LogP contribution in [-0.4, -0.2) is 24.9 Å². The van der Waals surface area contributed by atoms with Gasteiger partial charge in [-0.3, -0.25) is 4.79 Å². The Morgan fingerprint density at radius 3 is 2.43 bits per heavy atom. The van der Waals surface area contributed by atoms with Crippen LogP contribution in [-0.2, 0) is 0 Å². The number of nitroso groups, excluding NO2 is 1. The molecule has 14 heavy (non-hydrogen) atoms. The van der Waals surface area contributed by atoms with E-state index in [0.717, 1.165) is 0 Å². The standard InChI is InChI=1S/C10H12N2O2/c1-7-6-8(10(13)12(2)3)4-5-9(7)11-14/h4-6H,1-3H3. The van der Waals surface area contributed by atoms with Crippen molar-refractivity contribution in [1.82, 2.24) is 4.90 Å². The highest BCUT2D eigenvalue weighted by atomic mass is 16.3. The van der Waals surface area contributed by atoms with Crippen LogP contribution in [0.5, 0.6) is 0 Å². The molecule has 0 spiro atoms. The molecule has 0 aliphatic rings. The molecule has 0 fully saturated rings. The lowest BCUT2D eigenvalue weighted by Crippen LogP contribution is -2.21. The van der Waals surface area contributed by atoms with Crippen LogP contribution in [0.4, 0.5) is 5.69 Å². The number of benzene rings is 1. The van der Waals surface area contributed by atoms with E-state index in [4.69, 9.17) is 0 Å². The normalized spacial score (nSPS) is 9.64. The van der Waals surface area contributed by atoms with E-state index in [1.165, 1.54) is 4.90 Å². The highest BCUT2D eigenvalue weighted by Gasteiger charge is 2.09. The van der Waals surface area contributed by atoms with Gasteiger partial charge in [0.1, 0.15) is 5.69 Å². The third-order valence-electron chi connectivity index (χ3n) is 1.95. The summed E-state index contributed by atoms with van der Waals surface area (Å²) in [6.45, 7) is 1.75. The topological polar surface area (TPSA) is 49.7 Å². The Morgan fingerprint density at radius 2 is 2.00 bits per heavy atom. The van der Waals surface area contributed by atoms with E-state index >= 15 is 0 Å². The van der Waals surface area contributed by atoms with Crippen LogP contribution in [0.15, 0.2) is 23.4 Å². The molecule has 1 amide bonds. The molecule has 1 rings (SSSR count). The van der Waals surface area contributed by atoms with Gasteiger partial charge in [0, 0.05) is 19.7 Å². The summed E-state index contributed by atoms with van der Waals surface area (Å²) >= 11 is 0. The Kier molecular flexibility index (Phi) is 2.96. The molecule has 0 atom stereocenters. The SMILES string of the molecule is Cc1cc(C(=O)N(C)C)ccc1N=O. The number of carbonyl (C=O) groups excluding carboxylic acids is 1. The van der Waals surface area contributed by atoms with Crippen molar-refractivity contribution in [3.8, 4) is 0 Å². The van der Waals surface area contributed by atoms with Crippen LogP contribution in [0.25, 0.3) is 0 Å². The zero-order valence-electron chi connectivity index (χ0n) is 8.44. The molecule has 0 aliphatic carbocycles. The summed E-state index contributed by atoms with van der Waals surface area (Å²) in [4.78, 5) is 23.3. The second kappa shape index (κ2) is 4.00. The van der Waals surface area contributed by atoms with Gasteiger partial charge in [0.25, 0.3) is 5.91 Å². The molecular formula is C10H12N2O2. The highest BCUT2D eigenvalue weighted by Crippen LogP contribution is 2.19. The number of nitrogens with zero attached hydrogens (tertiary/aromatic N) is 2. The lowest BCUT2D eigenvalue weighted by Gasteiger charge is -2.10. The fraction of sp³-hybridized carbons (Fsp3) is 0.300. The Morgan fingerprint density at radius 1 is 1.36 bits per heavy atom. The molecule has 0 radical (unpaired) electrons. The van der Waals surface area contributed by atoms with Crippen molar-refractivity contribution in [1.29, 1.82) is 0 Å². The van der Waals surface area contributed by atoms with E-state index in [2.05, 4.69) is 5.18 Å².